The van der Waals surface area contributed by atoms with Crippen LogP contribution in [0.2, 0.25) is 0 Å². The predicted molar refractivity (Wildman–Crippen MR) is 187 cm³/mol. The third-order valence-corrected chi connectivity index (χ3v) is 7.77. The lowest BCUT2D eigenvalue weighted by molar-refractivity contribution is 0.448. The molecule has 0 unspecified atom stereocenters. The summed E-state index contributed by atoms with van der Waals surface area (Å²) in [4.78, 5) is 17.8. The van der Waals surface area contributed by atoms with Gasteiger partial charge in [0.1, 0.15) is 34.5 Å². The van der Waals surface area contributed by atoms with Crippen LogP contribution in [0, 0.1) is 13.8 Å². The Morgan fingerprint density at radius 1 is 0.408 bits per heavy atom. The van der Waals surface area contributed by atoms with E-state index in [9.17, 15) is 0 Å². The molecule has 0 bridgehead atoms. The smallest absolute Gasteiger partial charge is 0.234 e. The van der Waals surface area contributed by atoms with Crippen LogP contribution in [0.25, 0.3) is 27.8 Å². The summed E-state index contributed by atoms with van der Waals surface area (Å²) in [5.41, 5.74) is 3.90. The van der Waals surface area contributed by atoms with Crippen molar-refractivity contribution < 1.29 is 18.9 Å². The van der Waals surface area contributed by atoms with Crippen molar-refractivity contribution in [3.8, 4) is 52.2 Å². The number of hydrogen-bond acceptors (Lipinski definition) is 8. The van der Waals surface area contributed by atoms with E-state index < -0.39 is 0 Å². The van der Waals surface area contributed by atoms with Crippen molar-refractivity contribution in [3.63, 3.8) is 0 Å². The molecule has 8 aromatic rings. The van der Waals surface area contributed by atoms with E-state index in [1.807, 2.05) is 128 Å². The van der Waals surface area contributed by atoms with Gasteiger partial charge in [0.15, 0.2) is 0 Å². The Morgan fingerprint density at radius 3 is 1.33 bits per heavy atom. The first kappa shape index (κ1) is 29.6. The van der Waals surface area contributed by atoms with Crippen molar-refractivity contribution >= 4 is 21.8 Å². The van der Waals surface area contributed by atoms with E-state index in [2.05, 4.69) is 19.9 Å². The monoisotopic (exact) mass is 643 g/mol. The second-order valence-corrected chi connectivity index (χ2v) is 11.4. The van der Waals surface area contributed by atoms with E-state index >= 15 is 0 Å². The lowest BCUT2D eigenvalue weighted by atomic mass is 10.1. The molecule has 0 radical (unpaired) electrons. The van der Waals surface area contributed by atoms with Crippen LogP contribution in [0.3, 0.4) is 0 Å². The van der Waals surface area contributed by atoms with Crippen molar-refractivity contribution in [3.05, 3.63) is 151 Å². The highest BCUT2D eigenvalue weighted by molar-refractivity contribution is 6.09. The lowest BCUT2D eigenvalue weighted by Gasteiger charge is -2.10. The van der Waals surface area contributed by atoms with Crippen molar-refractivity contribution in [1.29, 1.82) is 0 Å². The molecule has 0 fully saturated rings. The molecule has 0 atom stereocenters. The van der Waals surface area contributed by atoms with Gasteiger partial charge in [-0.3, -0.25) is 4.57 Å². The van der Waals surface area contributed by atoms with Gasteiger partial charge in [-0.05, 0) is 91.7 Å². The fraction of sp³-hybridized carbons (Fsp3) is 0.0500. The summed E-state index contributed by atoms with van der Waals surface area (Å²) in [5.74, 6) is 5.37. The summed E-state index contributed by atoms with van der Waals surface area (Å²) in [6, 6.07) is 36.4. The van der Waals surface area contributed by atoms with Gasteiger partial charge >= 0.3 is 0 Å². The number of aryl methyl sites for hydroxylation is 2. The van der Waals surface area contributed by atoms with Gasteiger partial charge in [-0.25, -0.2) is 19.9 Å². The molecule has 0 aliphatic rings. The molecule has 8 rings (SSSR count). The Hall–Kier alpha value is -6.74. The van der Waals surface area contributed by atoms with Crippen molar-refractivity contribution in [2.45, 2.75) is 13.8 Å². The minimum Gasteiger partial charge on any atom is -0.457 e. The molecule has 9 nitrogen and oxygen atoms in total. The molecular weight excluding hydrogens is 614 g/mol. The average Bonchev–Trinajstić information content (AvgIpc) is 3.42. The first-order chi connectivity index (χ1) is 24.0. The summed E-state index contributed by atoms with van der Waals surface area (Å²) in [7, 11) is 0. The maximum absolute atomic E-state index is 6.34. The van der Waals surface area contributed by atoms with Gasteiger partial charge in [0.05, 0.1) is 11.0 Å². The maximum Gasteiger partial charge on any atom is 0.234 e. The standard InChI is InChI=1S/C40H29N5O4/c1-26-14-18-41-38(20-26)48-30-8-3-6-28(22-30)46-32-10-12-34-35-13-11-33(25-37(35)45(36(34)24-32)40-43-16-5-17-44-40)47-29-7-4-9-31(23-29)49-39-21-27(2)15-19-42-39/h3-25H,1-2H3. The third-order valence-electron chi connectivity index (χ3n) is 7.77. The summed E-state index contributed by atoms with van der Waals surface area (Å²) < 4.78 is 26.7. The zero-order valence-corrected chi connectivity index (χ0v) is 26.6. The molecule has 0 amide bonds. The van der Waals surface area contributed by atoms with Crippen molar-refractivity contribution in [1.82, 2.24) is 24.5 Å². The Morgan fingerprint density at radius 2 is 0.857 bits per heavy atom. The number of benzene rings is 4. The molecule has 0 aliphatic heterocycles. The summed E-state index contributed by atoms with van der Waals surface area (Å²) >= 11 is 0. The zero-order chi connectivity index (χ0) is 33.2. The van der Waals surface area contributed by atoms with Gasteiger partial charge in [0.25, 0.3) is 0 Å². The van der Waals surface area contributed by atoms with E-state index in [0.29, 0.717) is 52.2 Å². The Balaban J connectivity index is 1.12. The fourth-order valence-corrected chi connectivity index (χ4v) is 5.57. The molecule has 4 aromatic heterocycles. The molecule has 0 N–H and O–H groups in total. The Kier molecular flexibility index (Phi) is 7.75. The van der Waals surface area contributed by atoms with Crippen LogP contribution < -0.4 is 18.9 Å². The summed E-state index contributed by atoms with van der Waals surface area (Å²) in [5, 5.41) is 2.04. The number of nitrogens with zero attached hydrogens (tertiary/aromatic N) is 5. The zero-order valence-electron chi connectivity index (χ0n) is 26.6. The number of fused-ring (bicyclic) bond motifs is 3. The summed E-state index contributed by atoms with van der Waals surface area (Å²) in [6.07, 6.45) is 6.90. The predicted octanol–water partition coefficient (Wildman–Crippen LogP) is 10.1. The van der Waals surface area contributed by atoms with E-state index in [-0.39, 0.29) is 0 Å². The van der Waals surface area contributed by atoms with Gasteiger partial charge in [0.2, 0.25) is 17.7 Å². The highest BCUT2D eigenvalue weighted by atomic mass is 16.5. The first-order valence-corrected chi connectivity index (χ1v) is 15.7. The van der Waals surface area contributed by atoms with Crippen LogP contribution in [-0.2, 0) is 0 Å². The Labute approximate surface area is 282 Å². The number of rotatable bonds is 9. The summed E-state index contributed by atoms with van der Waals surface area (Å²) in [6.45, 7) is 4.00. The molecule has 4 aromatic carbocycles. The van der Waals surface area contributed by atoms with Crippen LogP contribution in [0.1, 0.15) is 11.1 Å². The molecule has 9 heteroatoms. The van der Waals surface area contributed by atoms with Crippen LogP contribution >= 0.6 is 0 Å². The SMILES string of the molecule is Cc1ccnc(Oc2cccc(Oc3ccc4c5ccc(Oc6cccc(Oc7cc(C)ccn7)c6)cc5n(-c5ncccn5)c4c3)c2)c1. The second-order valence-electron chi connectivity index (χ2n) is 11.4. The molecule has 4 heterocycles. The van der Waals surface area contributed by atoms with Crippen molar-refractivity contribution in [2.24, 2.45) is 0 Å². The molecule has 49 heavy (non-hydrogen) atoms. The first-order valence-electron chi connectivity index (χ1n) is 15.7. The number of hydrogen-bond donors (Lipinski definition) is 0. The van der Waals surface area contributed by atoms with E-state index in [1.165, 1.54) is 0 Å². The lowest BCUT2D eigenvalue weighted by Crippen LogP contribution is -2.00. The second kappa shape index (κ2) is 12.8. The molecule has 0 saturated carbocycles. The van der Waals surface area contributed by atoms with Gasteiger partial charge in [-0.15, -0.1) is 0 Å². The highest BCUT2D eigenvalue weighted by Gasteiger charge is 2.17. The largest absolute Gasteiger partial charge is 0.457 e. The molecule has 0 spiro atoms. The van der Waals surface area contributed by atoms with Gasteiger partial charge < -0.3 is 18.9 Å². The third kappa shape index (κ3) is 6.45. The van der Waals surface area contributed by atoms with Crippen LogP contribution in [-0.4, -0.2) is 24.5 Å². The molecule has 238 valence electrons. The van der Waals surface area contributed by atoms with E-state index in [0.717, 1.165) is 32.9 Å². The van der Waals surface area contributed by atoms with Gasteiger partial charge in [0, 0.05) is 72.0 Å². The molecule has 0 aliphatic carbocycles. The van der Waals surface area contributed by atoms with Gasteiger partial charge in [-0.1, -0.05) is 12.1 Å². The molecular formula is C40H29N5O4. The minimum atomic E-state index is 0.523. The van der Waals surface area contributed by atoms with Crippen LogP contribution in [0.15, 0.2) is 140 Å². The topological polar surface area (TPSA) is 93.4 Å². The molecule has 0 saturated heterocycles. The number of aromatic nitrogens is 5. The van der Waals surface area contributed by atoms with E-state index in [4.69, 9.17) is 18.9 Å². The minimum absolute atomic E-state index is 0.523. The van der Waals surface area contributed by atoms with Gasteiger partial charge in [-0.2, -0.15) is 0 Å². The van der Waals surface area contributed by atoms with Crippen LogP contribution in [0.5, 0.6) is 46.3 Å². The number of ether oxygens (including phenoxy) is 4. The van der Waals surface area contributed by atoms with Crippen molar-refractivity contribution in [2.75, 3.05) is 0 Å². The van der Waals surface area contributed by atoms with Crippen LogP contribution in [0.4, 0.5) is 0 Å². The maximum atomic E-state index is 6.34. The van der Waals surface area contributed by atoms with E-state index in [1.54, 1.807) is 30.9 Å². The Bertz CT molecular complexity index is 2290. The fourth-order valence-electron chi connectivity index (χ4n) is 5.57. The highest BCUT2D eigenvalue weighted by Crippen LogP contribution is 2.38. The quantitative estimate of drug-likeness (QED) is 0.153. The number of pyridine rings is 2. The normalized spacial score (nSPS) is 11.1. The average molecular weight is 644 g/mol.